The zero-order valence-corrected chi connectivity index (χ0v) is 44.2. The van der Waals surface area contributed by atoms with E-state index in [-0.39, 0.29) is 60.9 Å². The summed E-state index contributed by atoms with van der Waals surface area (Å²) in [7, 11) is 1.78. The van der Waals surface area contributed by atoms with E-state index in [4.69, 9.17) is 28.2 Å². The average molecular weight is 990 g/mol. The molecule has 1 amide bonds. The van der Waals surface area contributed by atoms with Gasteiger partial charge in [0, 0.05) is 71.8 Å². The van der Waals surface area contributed by atoms with Gasteiger partial charge in [0.2, 0.25) is 5.79 Å². The second kappa shape index (κ2) is 26.7. The minimum absolute atomic E-state index is 0.0144. The van der Waals surface area contributed by atoms with E-state index in [0.29, 0.717) is 50.5 Å². The lowest BCUT2D eigenvalue weighted by Gasteiger charge is -2.43. The van der Waals surface area contributed by atoms with Crippen LogP contribution < -0.4 is 0 Å². The number of aliphatic hydroxyl groups excluding tert-OH is 2. The van der Waals surface area contributed by atoms with Gasteiger partial charge in [-0.2, -0.15) is 0 Å². The lowest BCUT2D eigenvalue weighted by molar-refractivity contribution is -0.266. The largest absolute Gasteiger partial charge is 0.386 e. The predicted molar refractivity (Wildman–Crippen MR) is 264 cm³/mol. The Hall–Kier alpha value is -2.95. The van der Waals surface area contributed by atoms with Crippen molar-refractivity contribution in [3.05, 3.63) is 59.8 Å². The Morgan fingerprint density at radius 1 is 0.870 bits per heavy atom. The molecule has 3 N–H and O–H groups in total. The van der Waals surface area contributed by atoms with Gasteiger partial charge in [-0.15, -0.1) is 0 Å². The molecular weight excluding hydrogens is 906 g/mol. The van der Waals surface area contributed by atoms with E-state index in [2.05, 4.69) is 0 Å². The number of hydrogen-bond donors (Lipinski definition) is 3. The van der Waals surface area contributed by atoms with Crippen molar-refractivity contribution in [2.75, 3.05) is 41.2 Å². The van der Waals surface area contributed by atoms with Crippen molar-refractivity contribution >= 4 is 30.6 Å². The molecule has 0 aromatic rings. The highest BCUT2D eigenvalue weighted by molar-refractivity contribution is 7.57. The summed E-state index contributed by atoms with van der Waals surface area (Å²) >= 11 is 0. The smallest absolute Gasteiger partial charge is 0.296 e. The summed E-state index contributed by atoms with van der Waals surface area (Å²) in [6, 6.07) is -1.05. The molecule has 2 bridgehead atoms. The van der Waals surface area contributed by atoms with E-state index in [1.54, 1.807) is 66.5 Å². The number of allylic oxidation sites excluding steroid dienone is 6. The van der Waals surface area contributed by atoms with Crippen LogP contribution in [0.1, 0.15) is 113 Å². The van der Waals surface area contributed by atoms with E-state index in [1.807, 2.05) is 58.1 Å². The fraction of sp³-hybridized carbons (Fsp3) is 0.736. The summed E-state index contributed by atoms with van der Waals surface area (Å²) < 4.78 is 48.4. The molecule has 16 atom stereocenters. The number of carbonyl (C=O) groups is 4. The van der Waals surface area contributed by atoms with Gasteiger partial charge in [-0.05, 0) is 94.1 Å². The third-order valence-electron chi connectivity index (χ3n) is 14.7. The number of ketones is 3. The van der Waals surface area contributed by atoms with Gasteiger partial charge in [-0.1, -0.05) is 83.2 Å². The Labute approximate surface area is 411 Å². The lowest BCUT2D eigenvalue weighted by atomic mass is 9.78. The molecule has 16 heteroatoms. The number of aliphatic hydroxyl groups is 3. The molecule has 4 aliphatic rings. The van der Waals surface area contributed by atoms with Gasteiger partial charge < -0.3 is 48.4 Å². The van der Waals surface area contributed by atoms with Crippen LogP contribution in [0.2, 0.25) is 0 Å². The minimum Gasteiger partial charge on any atom is -0.386 e. The molecular formula is C53H84NO14P. The highest BCUT2D eigenvalue weighted by Crippen LogP contribution is 2.45. The van der Waals surface area contributed by atoms with Gasteiger partial charge in [-0.25, -0.2) is 0 Å². The number of Topliss-reactive ketones (excluding diaryl/α,β-unsaturated/α-hetero) is 3. The highest BCUT2D eigenvalue weighted by atomic mass is 31.2. The molecule has 1 saturated heterocycles. The monoisotopic (exact) mass is 990 g/mol. The zero-order valence-electron chi connectivity index (χ0n) is 43.3. The molecule has 2 fully saturated rings. The molecule has 0 aromatic carbocycles. The average Bonchev–Trinajstić information content (AvgIpc) is 3.30. The predicted octanol–water partition coefficient (Wildman–Crippen LogP) is 7.31. The van der Waals surface area contributed by atoms with Crippen molar-refractivity contribution in [2.45, 2.75) is 174 Å². The fourth-order valence-electron chi connectivity index (χ4n) is 10.4. The topological polar surface area (TPSA) is 205 Å². The van der Waals surface area contributed by atoms with E-state index >= 15 is 0 Å². The van der Waals surface area contributed by atoms with Gasteiger partial charge in [0.05, 0.1) is 36.6 Å². The fourth-order valence-corrected chi connectivity index (χ4v) is 11.3. The van der Waals surface area contributed by atoms with Gasteiger partial charge in [0.15, 0.2) is 19.4 Å². The number of ether oxygens (including phenoxy) is 5. The van der Waals surface area contributed by atoms with Crippen LogP contribution in [0.3, 0.4) is 0 Å². The Morgan fingerprint density at radius 2 is 1.58 bits per heavy atom. The molecule has 0 spiro atoms. The van der Waals surface area contributed by atoms with E-state index in [1.165, 1.54) is 12.0 Å². The summed E-state index contributed by atoms with van der Waals surface area (Å²) in [5.41, 5.74) is 1.27. The molecule has 3 aliphatic heterocycles. The Morgan fingerprint density at radius 3 is 2.23 bits per heavy atom. The lowest BCUT2D eigenvalue weighted by Crippen LogP contribution is -2.61. The molecule has 0 unspecified atom stereocenters. The number of hydrogen-bond acceptors (Lipinski definition) is 14. The molecule has 15 nitrogen and oxygen atoms in total. The third kappa shape index (κ3) is 16.3. The number of amides is 1. The van der Waals surface area contributed by atoms with Crippen LogP contribution in [0.15, 0.2) is 59.8 Å². The molecule has 4 rings (SSSR count). The number of nitrogens with zero attached hydrogens (tertiary/aromatic N) is 1. The number of rotatable bonds is 8. The van der Waals surface area contributed by atoms with Crippen molar-refractivity contribution in [1.29, 1.82) is 0 Å². The van der Waals surface area contributed by atoms with Crippen molar-refractivity contribution in [3.8, 4) is 0 Å². The highest BCUT2D eigenvalue weighted by Gasteiger charge is 2.53. The van der Waals surface area contributed by atoms with Crippen LogP contribution in [-0.2, 0) is 52.0 Å². The second-order valence-corrected chi connectivity index (χ2v) is 23.4. The normalized spacial score (nSPS) is 40.0. The number of carbonyl (C=O) groups excluding carboxylic acids is 4. The van der Waals surface area contributed by atoms with Crippen LogP contribution in [0.25, 0.3) is 0 Å². The summed E-state index contributed by atoms with van der Waals surface area (Å²) in [6.45, 7) is 15.8. The van der Waals surface area contributed by atoms with Gasteiger partial charge in [0.25, 0.3) is 11.7 Å². The zero-order chi connectivity index (χ0) is 51.4. The molecule has 1 aliphatic carbocycles. The number of fused-ring (bicyclic) bond motifs is 3. The Bertz CT molecular complexity index is 1940. The first-order valence-corrected chi connectivity index (χ1v) is 27.5. The number of methoxy groups -OCH3 is 3. The van der Waals surface area contributed by atoms with E-state index < -0.39 is 85.5 Å². The molecule has 0 radical (unpaired) electrons. The van der Waals surface area contributed by atoms with Crippen molar-refractivity contribution in [2.24, 2.45) is 35.5 Å². The first-order chi connectivity index (χ1) is 32.4. The van der Waals surface area contributed by atoms with Crippen LogP contribution in [0, 0.1) is 35.5 Å². The second-order valence-electron chi connectivity index (χ2n) is 20.7. The summed E-state index contributed by atoms with van der Waals surface area (Å²) in [6.07, 6.45) is 12.3. The first-order valence-electron chi connectivity index (χ1n) is 24.9. The van der Waals surface area contributed by atoms with E-state index in [0.717, 1.165) is 12.0 Å². The van der Waals surface area contributed by atoms with Crippen molar-refractivity contribution < 1.29 is 67.3 Å². The standard InChI is InChI=1S/C53H84NO14P/c1-32-18-14-13-15-19-33(2)44(63-8)30-40-23-21-38(7)53(61,67-40)50(58)51(59)54-25-17-16-20-41(54)52(60)66-45(35(4)28-39-22-24-43(46(29-39)64-9)68-69(11,12)62)31-42(55)34(3)27-37(6)48(57)49(65-10)47(56)36(5)26-32/h13-19,27,32,34-36,38-41,43-46,48-49,52,57,60-61H,20-26,28-31H2,1-12H3/b15-13+,18-14+,33-19+,37-27+/t32-,34-,35-,36-,38-,39+,40+,41+,43-,44+,45+,46-,48-,49+,52-,53-/m1/s1. The molecule has 1 saturated carbocycles. The minimum atomic E-state index is -2.78. The Kier molecular flexibility index (Phi) is 22.6. The maximum absolute atomic E-state index is 14.3. The third-order valence-corrected chi connectivity index (χ3v) is 15.5. The molecule has 3 heterocycles. The summed E-state index contributed by atoms with van der Waals surface area (Å²) in [5.74, 6) is -7.21. The molecule has 0 aromatic heterocycles. The van der Waals surface area contributed by atoms with Crippen LogP contribution >= 0.6 is 7.37 Å². The quantitative estimate of drug-likeness (QED) is 0.124. The SMILES string of the molecule is CO[C@H]1C[C@@H]2CC[C@@H](C)[C@@](O)(O2)C(=O)C(=O)N2CC=CC[C@H]2[C@H](O)O[C@H]([C@H](C)C[C@@H]2CC[C@@H](OP(C)(C)=O)[C@H](OC)C2)CC(=O)[C@H](C)/C=C(\C)[C@@H](O)[C@@H](OC)C(=O)[C@H](C)C[C@H](C)/C=C/C=C/C=C/1C. The van der Waals surface area contributed by atoms with Crippen LogP contribution in [0.5, 0.6) is 0 Å². The summed E-state index contributed by atoms with van der Waals surface area (Å²) in [5, 5.41) is 35.5. The van der Waals surface area contributed by atoms with Crippen LogP contribution in [-0.4, -0.2) is 146 Å². The van der Waals surface area contributed by atoms with Crippen LogP contribution in [0.4, 0.5) is 0 Å². The summed E-state index contributed by atoms with van der Waals surface area (Å²) in [4.78, 5) is 57.8. The molecule has 390 valence electrons. The maximum Gasteiger partial charge on any atom is 0.296 e. The van der Waals surface area contributed by atoms with Gasteiger partial charge >= 0.3 is 0 Å². The van der Waals surface area contributed by atoms with Crippen molar-refractivity contribution in [3.63, 3.8) is 0 Å². The van der Waals surface area contributed by atoms with Gasteiger partial charge in [0.1, 0.15) is 18.0 Å². The van der Waals surface area contributed by atoms with Gasteiger partial charge in [-0.3, -0.25) is 23.7 Å². The van der Waals surface area contributed by atoms with E-state index in [9.17, 15) is 39.1 Å². The molecule has 69 heavy (non-hydrogen) atoms. The van der Waals surface area contributed by atoms with Crippen molar-refractivity contribution in [1.82, 2.24) is 4.90 Å². The first kappa shape index (κ1) is 58.6. The Balaban J connectivity index is 1.70. The maximum atomic E-state index is 14.3.